The maximum atomic E-state index is 12.5. The summed E-state index contributed by atoms with van der Waals surface area (Å²) in [5.74, 6) is -0.932. The van der Waals surface area contributed by atoms with Crippen molar-refractivity contribution in [3.05, 3.63) is 23.9 Å². The van der Waals surface area contributed by atoms with Crippen LogP contribution in [0, 0.1) is 11.8 Å². The van der Waals surface area contributed by atoms with E-state index in [1.54, 1.807) is 6.08 Å². The number of carbonyl (C=O) groups excluding carboxylic acids is 2. The molecule has 4 rings (SSSR count). The van der Waals surface area contributed by atoms with Crippen LogP contribution in [0.4, 0.5) is 0 Å². The van der Waals surface area contributed by atoms with E-state index in [1.807, 2.05) is 12.3 Å². The Kier molecular flexibility index (Phi) is 2.23. The van der Waals surface area contributed by atoms with Crippen LogP contribution in [-0.4, -0.2) is 39.3 Å². The molecular formula is C16H19NO3. The van der Waals surface area contributed by atoms with Crippen LogP contribution in [0.25, 0.3) is 0 Å². The number of hydrogen-bond acceptors (Lipinski definition) is 4. The number of Topliss-reactive ketones (excluding diaryl/α,β-unsaturated/α-hetero) is 2. The van der Waals surface area contributed by atoms with Gasteiger partial charge in [0.2, 0.25) is 11.6 Å². The maximum Gasteiger partial charge on any atom is 0.227 e. The fraction of sp³-hybridized carbons (Fsp3) is 0.625. The summed E-state index contributed by atoms with van der Waals surface area (Å²) >= 11 is 0. The third-order valence-corrected chi connectivity index (χ3v) is 5.78. The molecule has 0 radical (unpaired) electrons. The van der Waals surface area contributed by atoms with Gasteiger partial charge in [-0.3, -0.25) is 9.59 Å². The summed E-state index contributed by atoms with van der Waals surface area (Å²) in [7, 11) is 0. The van der Waals surface area contributed by atoms with Crippen molar-refractivity contribution >= 4 is 11.6 Å². The largest absolute Gasteiger partial charge is 0.386 e. The molecule has 1 N–H and O–H groups in total. The zero-order valence-electron chi connectivity index (χ0n) is 11.6. The van der Waals surface area contributed by atoms with Gasteiger partial charge < -0.3 is 10.0 Å². The van der Waals surface area contributed by atoms with Gasteiger partial charge in [-0.25, -0.2) is 0 Å². The molecule has 20 heavy (non-hydrogen) atoms. The molecule has 4 heteroatoms. The first-order valence-corrected chi connectivity index (χ1v) is 7.47. The van der Waals surface area contributed by atoms with Gasteiger partial charge in [0, 0.05) is 18.3 Å². The molecule has 0 aromatic heterocycles. The van der Waals surface area contributed by atoms with Crippen LogP contribution < -0.4 is 0 Å². The lowest BCUT2D eigenvalue weighted by atomic mass is 9.48. The van der Waals surface area contributed by atoms with Crippen molar-refractivity contribution in [2.75, 3.05) is 6.54 Å². The van der Waals surface area contributed by atoms with Crippen molar-refractivity contribution in [1.82, 2.24) is 4.90 Å². The third kappa shape index (κ3) is 1.13. The van der Waals surface area contributed by atoms with E-state index in [1.165, 1.54) is 0 Å². The topological polar surface area (TPSA) is 57.6 Å². The van der Waals surface area contributed by atoms with Gasteiger partial charge in [-0.15, -0.1) is 0 Å². The van der Waals surface area contributed by atoms with Crippen molar-refractivity contribution in [3.8, 4) is 0 Å². The summed E-state index contributed by atoms with van der Waals surface area (Å²) in [5, 5.41) is 11.4. The normalized spacial score (nSPS) is 46.1. The zero-order chi connectivity index (χ0) is 14.1. The van der Waals surface area contributed by atoms with Gasteiger partial charge in [-0.05, 0) is 37.7 Å². The number of piperidine rings is 1. The Labute approximate surface area is 118 Å². The van der Waals surface area contributed by atoms with Gasteiger partial charge in [0.25, 0.3) is 0 Å². The number of rotatable bonds is 0. The molecule has 4 atom stereocenters. The molecule has 1 saturated heterocycles. The highest BCUT2D eigenvalue weighted by molar-refractivity contribution is 6.46. The lowest BCUT2D eigenvalue weighted by Crippen LogP contribution is -2.77. The zero-order valence-corrected chi connectivity index (χ0v) is 11.6. The fourth-order valence-electron chi connectivity index (χ4n) is 5.07. The van der Waals surface area contributed by atoms with Gasteiger partial charge in [-0.2, -0.15) is 0 Å². The number of ketones is 2. The Morgan fingerprint density at radius 2 is 2.20 bits per heavy atom. The first kappa shape index (κ1) is 12.3. The van der Waals surface area contributed by atoms with Gasteiger partial charge in [0.1, 0.15) is 5.60 Å². The Morgan fingerprint density at radius 1 is 1.40 bits per heavy atom. The summed E-state index contributed by atoms with van der Waals surface area (Å²) in [5.41, 5.74) is -1.21. The van der Waals surface area contributed by atoms with Crippen molar-refractivity contribution in [2.45, 2.75) is 43.7 Å². The molecule has 106 valence electrons. The molecule has 1 spiro atoms. The molecule has 2 bridgehead atoms. The molecule has 4 aliphatic rings. The van der Waals surface area contributed by atoms with E-state index in [0.29, 0.717) is 24.3 Å². The lowest BCUT2D eigenvalue weighted by Gasteiger charge is -2.65. The van der Waals surface area contributed by atoms with Gasteiger partial charge >= 0.3 is 0 Å². The van der Waals surface area contributed by atoms with E-state index < -0.39 is 17.1 Å². The van der Waals surface area contributed by atoms with Crippen LogP contribution in [-0.2, 0) is 9.59 Å². The number of carbonyl (C=O) groups is 2. The minimum absolute atomic E-state index is 0.341. The second-order valence-corrected chi connectivity index (χ2v) is 6.79. The molecule has 4 nitrogen and oxygen atoms in total. The van der Waals surface area contributed by atoms with Crippen LogP contribution in [0.3, 0.4) is 0 Å². The highest BCUT2D eigenvalue weighted by Gasteiger charge is 2.70. The summed E-state index contributed by atoms with van der Waals surface area (Å²) in [6.07, 6.45) is 8.43. The van der Waals surface area contributed by atoms with Crippen LogP contribution in [0.2, 0.25) is 0 Å². The number of nitrogens with zero attached hydrogens (tertiary/aromatic N) is 1. The van der Waals surface area contributed by atoms with E-state index in [4.69, 9.17) is 0 Å². The molecule has 0 amide bonds. The number of allylic oxidation sites excluding steroid dienone is 2. The van der Waals surface area contributed by atoms with Crippen LogP contribution >= 0.6 is 0 Å². The summed E-state index contributed by atoms with van der Waals surface area (Å²) in [6.45, 7) is 2.96. The van der Waals surface area contributed by atoms with Crippen molar-refractivity contribution in [1.29, 1.82) is 0 Å². The van der Waals surface area contributed by atoms with Gasteiger partial charge in [0.15, 0.2) is 0 Å². The Bertz CT molecular complexity index is 578. The molecule has 2 heterocycles. The van der Waals surface area contributed by atoms with Gasteiger partial charge in [0.05, 0.1) is 11.5 Å². The monoisotopic (exact) mass is 273 g/mol. The predicted octanol–water partition coefficient (Wildman–Crippen LogP) is 1.20. The van der Waals surface area contributed by atoms with Crippen LogP contribution in [0.1, 0.15) is 32.6 Å². The van der Waals surface area contributed by atoms with E-state index >= 15 is 0 Å². The second-order valence-electron chi connectivity index (χ2n) is 6.79. The second kappa shape index (κ2) is 3.61. The van der Waals surface area contributed by atoms with E-state index in [9.17, 15) is 14.7 Å². The molecule has 4 unspecified atom stereocenters. The van der Waals surface area contributed by atoms with Crippen LogP contribution in [0.15, 0.2) is 23.9 Å². The van der Waals surface area contributed by atoms with Crippen LogP contribution in [0.5, 0.6) is 0 Å². The van der Waals surface area contributed by atoms with E-state index in [2.05, 4.69) is 11.8 Å². The number of aliphatic hydroxyl groups is 1. The molecule has 2 aliphatic heterocycles. The molecule has 2 saturated carbocycles. The average molecular weight is 273 g/mol. The summed E-state index contributed by atoms with van der Waals surface area (Å²) in [4.78, 5) is 27.0. The highest BCUT2D eigenvalue weighted by Crippen LogP contribution is 2.59. The van der Waals surface area contributed by atoms with Crippen molar-refractivity contribution < 1.29 is 14.7 Å². The Balaban J connectivity index is 2.01. The first-order valence-electron chi connectivity index (χ1n) is 7.47. The van der Waals surface area contributed by atoms with Gasteiger partial charge in [-0.1, -0.05) is 13.0 Å². The highest BCUT2D eigenvalue weighted by atomic mass is 16.3. The summed E-state index contributed by atoms with van der Waals surface area (Å²) < 4.78 is 0. The third-order valence-electron chi connectivity index (χ3n) is 5.78. The predicted molar refractivity (Wildman–Crippen MR) is 72.7 cm³/mol. The first-order chi connectivity index (χ1) is 9.50. The SMILES string of the molecule is CC1CC2C(=O)C(=O)C3=CC=CN4CCCC2(O)C34C1. The smallest absolute Gasteiger partial charge is 0.227 e. The quantitative estimate of drug-likeness (QED) is 0.674. The minimum Gasteiger partial charge on any atom is -0.386 e. The maximum absolute atomic E-state index is 12.5. The Hall–Kier alpha value is -1.42. The number of hydrogen-bond donors (Lipinski definition) is 1. The molecule has 0 aromatic rings. The molecular weight excluding hydrogens is 254 g/mol. The standard InChI is InChI=1S/C16H19NO3/c1-10-8-12-14(19)13(18)11-4-2-6-17-7-3-5-16(12,20)15(11,17)9-10/h2,4,6,10,12,20H,3,5,7-9H2,1H3. The molecule has 2 aliphatic carbocycles. The fourth-order valence-corrected chi connectivity index (χ4v) is 5.07. The van der Waals surface area contributed by atoms with E-state index in [0.717, 1.165) is 19.4 Å². The molecule has 3 fully saturated rings. The lowest BCUT2D eigenvalue weighted by molar-refractivity contribution is -0.194. The Morgan fingerprint density at radius 3 is 3.00 bits per heavy atom. The summed E-state index contributed by atoms with van der Waals surface area (Å²) in [6, 6.07) is 0. The average Bonchev–Trinajstić information content (AvgIpc) is 2.42. The minimum atomic E-state index is -1.07. The van der Waals surface area contributed by atoms with Crippen molar-refractivity contribution in [3.63, 3.8) is 0 Å². The molecule has 0 aromatic carbocycles. The van der Waals surface area contributed by atoms with Crippen molar-refractivity contribution in [2.24, 2.45) is 11.8 Å². The van der Waals surface area contributed by atoms with E-state index in [-0.39, 0.29) is 11.6 Å².